The molecule has 0 unspecified atom stereocenters. The van der Waals surface area contributed by atoms with Gasteiger partial charge in [-0.15, -0.1) is 0 Å². The Morgan fingerprint density at radius 3 is 2.55 bits per heavy atom. The maximum absolute atomic E-state index is 12.2. The van der Waals surface area contributed by atoms with Crippen molar-refractivity contribution in [1.82, 2.24) is 4.90 Å². The maximum atomic E-state index is 12.2. The zero-order valence-corrected chi connectivity index (χ0v) is 14.9. The minimum absolute atomic E-state index is 0.136. The van der Waals surface area contributed by atoms with Gasteiger partial charge in [-0.2, -0.15) is 0 Å². The highest BCUT2D eigenvalue weighted by Gasteiger charge is 2.30. The van der Waals surface area contributed by atoms with Crippen LogP contribution in [0.1, 0.15) is 27.7 Å². The molecule has 4 nitrogen and oxygen atoms in total. The second kappa shape index (κ2) is 6.55. The highest BCUT2D eigenvalue weighted by atomic mass is 35.5. The lowest BCUT2D eigenvalue weighted by Gasteiger charge is -2.41. The number of halogens is 2. The summed E-state index contributed by atoms with van der Waals surface area (Å²) in [6.45, 7) is 9.57. The molecule has 122 valence electrons. The van der Waals surface area contributed by atoms with E-state index in [1.807, 2.05) is 32.9 Å². The van der Waals surface area contributed by atoms with Crippen molar-refractivity contribution in [1.29, 1.82) is 0 Å². The van der Waals surface area contributed by atoms with E-state index in [2.05, 4.69) is 11.8 Å². The summed E-state index contributed by atoms with van der Waals surface area (Å²) in [6.07, 6.45) is -0.267. The fourth-order valence-corrected chi connectivity index (χ4v) is 2.93. The minimum Gasteiger partial charge on any atom is -0.444 e. The number of rotatable bonds is 1. The average Bonchev–Trinajstić information content (AvgIpc) is 2.40. The van der Waals surface area contributed by atoms with E-state index in [0.29, 0.717) is 29.7 Å². The first-order valence-electron chi connectivity index (χ1n) is 7.37. The van der Waals surface area contributed by atoms with Crippen molar-refractivity contribution in [3.63, 3.8) is 0 Å². The number of benzene rings is 1. The molecule has 0 saturated carbocycles. The number of ether oxygens (including phenoxy) is 1. The molecular weight excluding hydrogens is 323 g/mol. The van der Waals surface area contributed by atoms with Crippen LogP contribution in [0.4, 0.5) is 10.5 Å². The molecule has 0 spiro atoms. The maximum Gasteiger partial charge on any atom is 0.410 e. The second-order valence-electron chi connectivity index (χ2n) is 6.54. The van der Waals surface area contributed by atoms with Crippen LogP contribution in [0, 0.1) is 0 Å². The molecule has 0 radical (unpaired) electrons. The first-order valence-corrected chi connectivity index (χ1v) is 8.13. The van der Waals surface area contributed by atoms with Crippen LogP contribution in [0.25, 0.3) is 0 Å². The Bertz CT molecular complexity index is 558. The molecule has 6 heteroatoms. The fraction of sp³-hybridized carbons (Fsp3) is 0.562. The normalized spacial score (nSPS) is 19.3. The summed E-state index contributed by atoms with van der Waals surface area (Å²) in [5.41, 5.74) is 0.429. The Labute approximate surface area is 141 Å². The standard InChI is InChI=1S/C16H22Cl2N2O2/c1-11-10-19(15(21)22-16(2,3)4)8-9-20(11)13-7-5-6-12(17)14(13)18/h5-7,11H,8-10H2,1-4H3/t11-/m1/s1. The molecule has 1 heterocycles. The predicted octanol–water partition coefficient (Wildman–Crippen LogP) is 4.44. The summed E-state index contributed by atoms with van der Waals surface area (Å²) in [4.78, 5) is 16.1. The number of anilines is 1. The number of hydrogen-bond acceptors (Lipinski definition) is 3. The summed E-state index contributed by atoms with van der Waals surface area (Å²) in [7, 11) is 0. The van der Waals surface area contributed by atoms with Crippen molar-refractivity contribution in [2.45, 2.75) is 39.3 Å². The van der Waals surface area contributed by atoms with Crippen molar-refractivity contribution in [3.8, 4) is 0 Å². The van der Waals surface area contributed by atoms with E-state index >= 15 is 0 Å². The van der Waals surface area contributed by atoms with Crippen molar-refractivity contribution < 1.29 is 9.53 Å². The first kappa shape index (κ1) is 17.2. The van der Waals surface area contributed by atoms with E-state index in [1.165, 1.54) is 0 Å². The Morgan fingerprint density at radius 2 is 1.95 bits per heavy atom. The molecule has 0 N–H and O–H groups in total. The number of carbonyl (C=O) groups excluding carboxylic acids is 1. The molecule has 0 aromatic heterocycles. The molecular formula is C16H22Cl2N2O2. The summed E-state index contributed by atoms with van der Waals surface area (Å²) < 4.78 is 5.43. The third kappa shape index (κ3) is 3.99. The van der Waals surface area contributed by atoms with Crippen LogP contribution in [-0.2, 0) is 4.74 Å². The van der Waals surface area contributed by atoms with Crippen LogP contribution < -0.4 is 4.90 Å². The summed E-state index contributed by atoms with van der Waals surface area (Å²) in [5.74, 6) is 0. The van der Waals surface area contributed by atoms with E-state index < -0.39 is 5.60 Å². The second-order valence-corrected chi connectivity index (χ2v) is 7.33. The largest absolute Gasteiger partial charge is 0.444 e. The van der Waals surface area contributed by atoms with Crippen molar-refractivity contribution in [2.24, 2.45) is 0 Å². The Morgan fingerprint density at radius 1 is 1.27 bits per heavy atom. The van der Waals surface area contributed by atoms with Crippen molar-refractivity contribution >= 4 is 35.0 Å². The topological polar surface area (TPSA) is 32.8 Å². The van der Waals surface area contributed by atoms with Gasteiger partial charge >= 0.3 is 6.09 Å². The molecule has 1 aromatic rings. The van der Waals surface area contributed by atoms with Gasteiger partial charge in [0.15, 0.2) is 0 Å². The number of hydrogen-bond donors (Lipinski definition) is 0. The molecule has 2 rings (SSSR count). The van der Waals surface area contributed by atoms with Crippen LogP contribution in [-0.4, -0.2) is 42.3 Å². The highest BCUT2D eigenvalue weighted by molar-refractivity contribution is 6.43. The highest BCUT2D eigenvalue weighted by Crippen LogP contribution is 2.34. The lowest BCUT2D eigenvalue weighted by Crippen LogP contribution is -2.54. The third-order valence-corrected chi connectivity index (χ3v) is 4.33. The lowest BCUT2D eigenvalue weighted by atomic mass is 10.1. The van der Waals surface area contributed by atoms with Crippen LogP contribution >= 0.6 is 23.2 Å². The van der Waals surface area contributed by atoms with Gasteiger partial charge in [0.2, 0.25) is 0 Å². The number of amides is 1. The monoisotopic (exact) mass is 344 g/mol. The van der Waals surface area contributed by atoms with Gasteiger partial charge in [0.25, 0.3) is 0 Å². The molecule has 1 aliphatic rings. The van der Waals surface area contributed by atoms with Gasteiger partial charge in [0.05, 0.1) is 15.7 Å². The molecule has 1 amide bonds. The molecule has 1 aromatic carbocycles. The van der Waals surface area contributed by atoms with E-state index in [4.69, 9.17) is 27.9 Å². The van der Waals surface area contributed by atoms with E-state index in [9.17, 15) is 4.79 Å². The summed E-state index contributed by atoms with van der Waals surface area (Å²) in [5, 5.41) is 1.10. The minimum atomic E-state index is -0.478. The Balaban J connectivity index is 2.07. The summed E-state index contributed by atoms with van der Waals surface area (Å²) >= 11 is 12.4. The fourth-order valence-electron chi connectivity index (χ4n) is 2.52. The number of carbonyl (C=O) groups is 1. The van der Waals surface area contributed by atoms with Crippen LogP contribution in [0.5, 0.6) is 0 Å². The number of nitrogens with zero attached hydrogens (tertiary/aromatic N) is 2. The quantitative estimate of drug-likeness (QED) is 0.754. The van der Waals surface area contributed by atoms with Gasteiger partial charge in [-0.25, -0.2) is 4.79 Å². The molecule has 1 atom stereocenters. The van der Waals surface area contributed by atoms with E-state index in [1.54, 1.807) is 11.0 Å². The molecule has 0 aliphatic carbocycles. The van der Waals surface area contributed by atoms with E-state index in [0.717, 1.165) is 5.69 Å². The van der Waals surface area contributed by atoms with Crippen molar-refractivity contribution in [2.75, 3.05) is 24.5 Å². The molecule has 1 saturated heterocycles. The molecule has 1 aliphatic heterocycles. The molecule has 22 heavy (non-hydrogen) atoms. The average molecular weight is 345 g/mol. The molecule has 0 bridgehead atoms. The summed E-state index contributed by atoms with van der Waals surface area (Å²) in [6, 6.07) is 5.75. The van der Waals surface area contributed by atoms with Crippen LogP contribution in [0.3, 0.4) is 0 Å². The van der Waals surface area contributed by atoms with Gasteiger partial charge in [0.1, 0.15) is 5.60 Å². The van der Waals surface area contributed by atoms with Crippen LogP contribution in [0.2, 0.25) is 10.0 Å². The third-order valence-electron chi connectivity index (χ3n) is 3.52. The van der Waals surface area contributed by atoms with Gasteiger partial charge in [-0.3, -0.25) is 0 Å². The zero-order valence-electron chi connectivity index (χ0n) is 13.4. The predicted molar refractivity (Wildman–Crippen MR) is 91.1 cm³/mol. The van der Waals surface area contributed by atoms with Gasteiger partial charge < -0.3 is 14.5 Å². The van der Waals surface area contributed by atoms with Gasteiger partial charge in [0, 0.05) is 25.7 Å². The van der Waals surface area contributed by atoms with Crippen LogP contribution in [0.15, 0.2) is 18.2 Å². The zero-order chi connectivity index (χ0) is 16.5. The van der Waals surface area contributed by atoms with Crippen molar-refractivity contribution in [3.05, 3.63) is 28.2 Å². The Kier molecular flexibility index (Phi) is 5.13. The van der Waals surface area contributed by atoms with Gasteiger partial charge in [-0.1, -0.05) is 29.3 Å². The molecule has 1 fully saturated rings. The first-order chi connectivity index (χ1) is 10.2. The smallest absolute Gasteiger partial charge is 0.410 e. The Hall–Kier alpha value is -1.13. The lowest BCUT2D eigenvalue weighted by molar-refractivity contribution is 0.0219. The SMILES string of the molecule is C[C@@H]1CN(C(=O)OC(C)(C)C)CCN1c1cccc(Cl)c1Cl. The van der Waals surface area contributed by atoms with Gasteiger partial charge in [-0.05, 0) is 39.8 Å². The van der Waals surface area contributed by atoms with E-state index in [-0.39, 0.29) is 12.1 Å². The number of piperazine rings is 1.